The van der Waals surface area contributed by atoms with Gasteiger partial charge in [-0.2, -0.15) is 0 Å². The van der Waals surface area contributed by atoms with Crippen molar-refractivity contribution in [2.45, 2.75) is 19.9 Å². The maximum absolute atomic E-state index is 12.1. The number of rotatable bonds is 3. The minimum atomic E-state index is -0.290. The van der Waals surface area contributed by atoms with Crippen molar-refractivity contribution < 1.29 is 0 Å². The summed E-state index contributed by atoms with van der Waals surface area (Å²) in [7, 11) is 3.18. The quantitative estimate of drug-likeness (QED) is 0.830. The third kappa shape index (κ3) is 3.13. The Bertz CT molecular complexity index is 595. The van der Waals surface area contributed by atoms with Crippen LogP contribution in [0.3, 0.4) is 0 Å². The topological polar surface area (TPSA) is 73.3 Å². The second-order valence-electron chi connectivity index (χ2n) is 5.89. The maximum atomic E-state index is 12.1. The summed E-state index contributed by atoms with van der Waals surface area (Å²) in [6.07, 6.45) is 2.69. The predicted octanol–water partition coefficient (Wildman–Crippen LogP) is -0.323. The van der Waals surface area contributed by atoms with Gasteiger partial charge in [-0.05, 0) is 24.9 Å². The average Bonchev–Trinajstić information content (AvgIpc) is 2.76. The van der Waals surface area contributed by atoms with Gasteiger partial charge in [0.2, 0.25) is 0 Å². The molecular formula is C13H23ClN4O2. The minimum Gasteiger partial charge on any atom is -0.330 e. The zero-order chi connectivity index (χ0) is 14.2. The Morgan fingerprint density at radius 2 is 2.00 bits per heavy atom. The SMILES string of the molecule is Cl.Cn1cc(CN2CCC(C)(CN)C2)c(=O)n(C)c1=O. The summed E-state index contributed by atoms with van der Waals surface area (Å²) >= 11 is 0. The summed E-state index contributed by atoms with van der Waals surface area (Å²) in [5.41, 5.74) is 6.09. The largest absolute Gasteiger partial charge is 0.330 e. The lowest BCUT2D eigenvalue weighted by Crippen LogP contribution is -2.40. The standard InChI is InChI=1S/C13H22N4O2.ClH/c1-13(8-14)4-5-17(9-13)7-10-6-15(2)12(19)16(3)11(10)18;/h6H,4-5,7-9,14H2,1-3H3;1H. The maximum Gasteiger partial charge on any atom is 0.330 e. The lowest BCUT2D eigenvalue weighted by Gasteiger charge is -2.22. The van der Waals surface area contributed by atoms with Gasteiger partial charge >= 0.3 is 5.69 Å². The lowest BCUT2D eigenvalue weighted by molar-refractivity contribution is 0.272. The van der Waals surface area contributed by atoms with Gasteiger partial charge in [-0.3, -0.25) is 14.3 Å². The molecule has 1 aromatic rings. The highest BCUT2D eigenvalue weighted by molar-refractivity contribution is 5.85. The number of nitrogens with zero attached hydrogens (tertiary/aromatic N) is 3. The molecule has 0 bridgehead atoms. The van der Waals surface area contributed by atoms with E-state index in [1.54, 1.807) is 13.2 Å². The molecule has 1 atom stereocenters. The molecule has 0 spiro atoms. The summed E-state index contributed by atoms with van der Waals surface area (Å²) in [6, 6.07) is 0. The molecule has 20 heavy (non-hydrogen) atoms. The Labute approximate surface area is 124 Å². The van der Waals surface area contributed by atoms with Crippen LogP contribution in [0, 0.1) is 5.41 Å². The van der Waals surface area contributed by atoms with Crippen molar-refractivity contribution in [3.63, 3.8) is 0 Å². The second kappa shape index (κ2) is 6.11. The Morgan fingerprint density at radius 1 is 1.35 bits per heavy atom. The van der Waals surface area contributed by atoms with Crippen LogP contribution in [0.2, 0.25) is 0 Å². The first-order chi connectivity index (χ1) is 8.86. The molecule has 0 aromatic carbocycles. The summed E-state index contributed by atoms with van der Waals surface area (Å²) in [5, 5.41) is 0. The van der Waals surface area contributed by atoms with Crippen LogP contribution < -0.4 is 17.0 Å². The molecule has 0 amide bonds. The number of halogens is 1. The number of hydrogen-bond donors (Lipinski definition) is 1. The van der Waals surface area contributed by atoms with E-state index in [4.69, 9.17) is 5.73 Å². The molecule has 0 radical (unpaired) electrons. The van der Waals surface area contributed by atoms with E-state index in [-0.39, 0.29) is 29.1 Å². The second-order valence-corrected chi connectivity index (χ2v) is 5.89. The normalized spacial score (nSPS) is 22.8. The van der Waals surface area contributed by atoms with Crippen molar-refractivity contribution >= 4 is 12.4 Å². The number of nitrogens with two attached hydrogens (primary N) is 1. The van der Waals surface area contributed by atoms with Crippen LogP contribution in [0.25, 0.3) is 0 Å². The van der Waals surface area contributed by atoms with Crippen LogP contribution in [-0.2, 0) is 20.6 Å². The van der Waals surface area contributed by atoms with Crippen LogP contribution in [0.4, 0.5) is 0 Å². The smallest absolute Gasteiger partial charge is 0.330 e. The zero-order valence-electron chi connectivity index (χ0n) is 12.3. The van der Waals surface area contributed by atoms with Crippen LogP contribution in [0.5, 0.6) is 0 Å². The molecule has 7 heteroatoms. The van der Waals surface area contributed by atoms with Crippen molar-refractivity contribution in [2.24, 2.45) is 25.2 Å². The third-order valence-electron chi connectivity index (χ3n) is 4.04. The summed E-state index contributed by atoms with van der Waals surface area (Å²) < 4.78 is 2.61. The molecule has 2 N–H and O–H groups in total. The van der Waals surface area contributed by atoms with Crippen molar-refractivity contribution in [1.82, 2.24) is 14.0 Å². The van der Waals surface area contributed by atoms with Gasteiger partial charge in [-0.15, -0.1) is 12.4 Å². The highest BCUT2D eigenvalue weighted by Crippen LogP contribution is 2.28. The molecule has 0 saturated carbocycles. The molecule has 0 aliphatic carbocycles. The van der Waals surface area contributed by atoms with E-state index in [1.165, 1.54) is 11.6 Å². The van der Waals surface area contributed by atoms with Crippen molar-refractivity contribution in [3.05, 3.63) is 32.6 Å². The van der Waals surface area contributed by atoms with Crippen molar-refractivity contribution in [3.8, 4) is 0 Å². The first-order valence-corrected chi connectivity index (χ1v) is 6.54. The fourth-order valence-corrected chi connectivity index (χ4v) is 2.66. The first-order valence-electron chi connectivity index (χ1n) is 6.54. The van der Waals surface area contributed by atoms with Crippen molar-refractivity contribution in [1.29, 1.82) is 0 Å². The molecule has 114 valence electrons. The first kappa shape index (κ1) is 16.9. The molecule has 1 unspecified atom stereocenters. The molecule has 1 aliphatic rings. The van der Waals surface area contributed by atoms with Crippen LogP contribution in [0.15, 0.2) is 15.8 Å². The molecule has 6 nitrogen and oxygen atoms in total. The highest BCUT2D eigenvalue weighted by atomic mass is 35.5. The van der Waals surface area contributed by atoms with E-state index < -0.39 is 0 Å². The van der Waals surface area contributed by atoms with E-state index in [0.717, 1.165) is 24.1 Å². The monoisotopic (exact) mass is 302 g/mol. The van der Waals surface area contributed by atoms with Gasteiger partial charge in [0, 0.05) is 38.9 Å². The lowest BCUT2D eigenvalue weighted by atomic mass is 9.90. The Morgan fingerprint density at radius 3 is 2.55 bits per heavy atom. The highest BCUT2D eigenvalue weighted by Gasteiger charge is 2.32. The van der Waals surface area contributed by atoms with E-state index in [2.05, 4.69) is 11.8 Å². The number of aromatic nitrogens is 2. The zero-order valence-corrected chi connectivity index (χ0v) is 13.1. The molecule has 1 saturated heterocycles. The van der Waals surface area contributed by atoms with E-state index >= 15 is 0 Å². The molecule has 2 rings (SSSR count). The molecule has 1 fully saturated rings. The summed E-state index contributed by atoms with van der Waals surface area (Å²) in [4.78, 5) is 25.9. The minimum absolute atomic E-state index is 0. The average molecular weight is 303 g/mol. The third-order valence-corrected chi connectivity index (χ3v) is 4.04. The van der Waals surface area contributed by atoms with Gasteiger partial charge in [0.05, 0.1) is 0 Å². The number of hydrogen-bond acceptors (Lipinski definition) is 4. The van der Waals surface area contributed by atoms with Crippen LogP contribution >= 0.6 is 12.4 Å². The fourth-order valence-electron chi connectivity index (χ4n) is 2.66. The fraction of sp³-hybridized carbons (Fsp3) is 0.692. The Hall–Kier alpha value is -1.11. The Balaban J connectivity index is 0.00000200. The van der Waals surface area contributed by atoms with Crippen LogP contribution in [-0.4, -0.2) is 33.7 Å². The van der Waals surface area contributed by atoms with E-state index in [1.807, 2.05) is 0 Å². The molecular weight excluding hydrogens is 280 g/mol. The molecule has 1 aliphatic heterocycles. The Kier molecular flexibility index (Phi) is 5.18. The molecule has 1 aromatic heterocycles. The molecule has 2 heterocycles. The van der Waals surface area contributed by atoms with Crippen molar-refractivity contribution in [2.75, 3.05) is 19.6 Å². The van der Waals surface area contributed by atoms with Gasteiger partial charge in [-0.25, -0.2) is 4.79 Å². The number of aryl methyl sites for hydroxylation is 1. The van der Waals surface area contributed by atoms with E-state index in [9.17, 15) is 9.59 Å². The van der Waals surface area contributed by atoms with Gasteiger partial charge in [0.15, 0.2) is 0 Å². The van der Waals surface area contributed by atoms with Gasteiger partial charge in [0.25, 0.3) is 5.56 Å². The van der Waals surface area contributed by atoms with E-state index in [0.29, 0.717) is 18.7 Å². The predicted molar refractivity (Wildman–Crippen MR) is 81.2 cm³/mol. The van der Waals surface area contributed by atoms with Crippen LogP contribution in [0.1, 0.15) is 18.9 Å². The summed E-state index contributed by atoms with van der Waals surface area (Å²) in [5.74, 6) is 0. The number of likely N-dealkylation sites (tertiary alicyclic amines) is 1. The van der Waals surface area contributed by atoms with Gasteiger partial charge in [-0.1, -0.05) is 6.92 Å². The van der Waals surface area contributed by atoms with Gasteiger partial charge < -0.3 is 10.3 Å². The van der Waals surface area contributed by atoms with Gasteiger partial charge in [0.1, 0.15) is 0 Å². The summed E-state index contributed by atoms with van der Waals surface area (Å²) in [6.45, 7) is 5.26.